The molecule has 0 aromatic heterocycles. The van der Waals surface area contributed by atoms with Crippen LogP contribution < -0.4 is 0 Å². The van der Waals surface area contributed by atoms with E-state index in [0.717, 1.165) is 25.7 Å². The lowest BCUT2D eigenvalue weighted by atomic mass is 9.97. The summed E-state index contributed by atoms with van der Waals surface area (Å²) in [5.41, 5.74) is -0.628. The highest BCUT2D eigenvalue weighted by Crippen LogP contribution is 2.28. The Balaban J connectivity index is 0.000000557. The van der Waals surface area contributed by atoms with Crippen LogP contribution in [0.4, 0.5) is 0 Å². The average molecular weight is 267 g/mol. The molecule has 0 radical (unpaired) electrons. The van der Waals surface area contributed by atoms with E-state index in [2.05, 4.69) is 0 Å². The van der Waals surface area contributed by atoms with Crippen molar-refractivity contribution in [1.29, 1.82) is 0 Å². The second kappa shape index (κ2) is 6.90. The van der Waals surface area contributed by atoms with Crippen LogP contribution in [0.2, 0.25) is 0 Å². The third kappa shape index (κ3) is 10.2. The molecule has 0 spiro atoms. The molecule has 1 aliphatic rings. The van der Waals surface area contributed by atoms with Crippen LogP contribution in [0.25, 0.3) is 0 Å². The van der Waals surface area contributed by atoms with E-state index in [9.17, 15) is 9.32 Å². The summed E-state index contributed by atoms with van der Waals surface area (Å²) in [5, 5.41) is 25.0. The molecule has 1 aliphatic carbocycles. The third-order valence-electron chi connectivity index (χ3n) is 2.65. The van der Waals surface area contributed by atoms with Crippen molar-refractivity contribution < 1.29 is 14.4 Å². The smallest absolute Gasteiger partial charge is 0.140 e. The lowest BCUT2D eigenvalue weighted by molar-refractivity contribution is -0.402. The molecule has 0 amide bonds. The highest BCUT2D eigenvalue weighted by Gasteiger charge is 2.35. The monoisotopic (exact) mass is 267 g/mol. The second-order valence-electron chi connectivity index (χ2n) is 4.94. The van der Waals surface area contributed by atoms with Crippen molar-refractivity contribution in [3.8, 4) is 0 Å². The first kappa shape index (κ1) is 16.3. The van der Waals surface area contributed by atoms with Crippen molar-refractivity contribution in [2.45, 2.75) is 44.1 Å². The van der Waals surface area contributed by atoms with Gasteiger partial charge in [0.25, 0.3) is 0 Å². The normalized spacial score (nSPS) is 19.7. The van der Waals surface area contributed by atoms with Crippen LogP contribution in [0.3, 0.4) is 0 Å². The fourth-order valence-electron chi connectivity index (χ4n) is 2.18. The van der Waals surface area contributed by atoms with Crippen molar-refractivity contribution in [3.05, 3.63) is 15.3 Å². The Bertz CT molecular complexity index is 276. The molecule has 7 heteroatoms. The van der Waals surface area contributed by atoms with E-state index in [4.69, 9.17) is 15.3 Å². The highest BCUT2D eigenvalue weighted by atomic mass is 32.2. The molecule has 0 bridgehead atoms. The Morgan fingerprint density at radius 2 is 1.53 bits per heavy atom. The summed E-state index contributed by atoms with van der Waals surface area (Å²) >= 11 is 0. The van der Waals surface area contributed by atoms with Gasteiger partial charge in [0.05, 0.1) is 15.0 Å². The molecule has 1 N–H and O–H groups in total. The first-order valence-electron chi connectivity index (χ1n) is 5.60. The summed E-state index contributed by atoms with van der Waals surface area (Å²) in [6.45, 7) is 0. The van der Waals surface area contributed by atoms with Gasteiger partial charge in [-0.3, -0.25) is 0 Å². The van der Waals surface area contributed by atoms with Crippen LogP contribution in [-0.2, 0) is 14.1 Å². The van der Waals surface area contributed by atoms with Crippen LogP contribution in [-0.4, -0.2) is 34.1 Å². The minimum Gasteiger partial charge on any atom is -0.385 e. The Morgan fingerprint density at radius 3 is 1.82 bits per heavy atom. The first-order chi connectivity index (χ1) is 7.65. The third-order valence-corrected chi connectivity index (χ3v) is 3.88. The standard InChI is InChI=1S/C10H21O2S.NO3/c1-13(2,12)9-10(11)7-5-3-4-6-8-10;2-1(3)4/h11H,3-9H2,1-2H3;/q+1;-1. The number of rotatable bonds is 2. The van der Waals surface area contributed by atoms with Gasteiger partial charge in [0.15, 0.2) is 0 Å². The SMILES string of the molecule is C[S+](C)(=O)CC1(O)CCCCCC1.O=[N+]([O-])[O-]. The molecule has 0 aromatic carbocycles. The molecule has 0 saturated heterocycles. The van der Waals surface area contributed by atoms with E-state index in [1.54, 1.807) is 12.5 Å². The second-order valence-corrected chi connectivity index (χ2v) is 8.11. The van der Waals surface area contributed by atoms with Gasteiger partial charge < -0.3 is 20.4 Å². The lowest BCUT2D eigenvalue weighted by Gasteiger charge is -2.24. The van der Waals surface area contributed by atoms with E-state index in [1.807, 2.05) is 0 Å². The topological polar surface area (TPSA) is 104 Å². The average Bonchev–Trinajstić information content (AvgIpc) is 2.25. The minimum absolute atomic E-state index is 0.486. The van der Waals surface area contributed by atoms with Gasteiger partial charge in [-0.05, 0) is 12.8 Å². The predicted molar refractivity (Wildman–Crippen MR) is 67.8 cm³/mol. The Morgan fingerprint density at radius 1 is 1.18 bits per heavy atom. The molecule has 102 valence electrons. The van der Waals surface area contributed by atoms with Crippen molar-refractivity contribution in [2.24, 2.45) is 0 Å². The summed E-state index contributed by atoms with van der Waals surface area (Å²) in [7, 11) is -1.80. The van der Waals surface area contributed by atoms with E-state index in [1.165, 1.54) is 12.8 Å². The Kier molecular flexibility index (Phi) is 6.62. The number of aliphatic hydroxyl groups is 1. The van der Waals surface area contributed by atoms with E-state index < -0.39 is 20.6 Å². The van der Waals surface area contributed by atoms with Gasteiger partial charge in [0.2, 0.25) is 0 Å². The van der Waals surface area contributed by atoms with Crippen LogP contribution in [0.15, 0.2) is 0 Å². The fourth-order valence-corrected chi connectivity index (χ4v) is 3.76. The molecule has 6 nitrogen and oxygen atoms in total. The number of hydrogen-bond acceptors (Lipinski definition) is 5. The Labute approximate surface area is 103 Å². The molecule has 0 heterocycles. The molecule has 1 saturated carbocycles. The Hall–Kier alpha value is -0.690. The molecule has 17 heavy (non-hydrogen) atoms. The molecule has 1 rings (SSSR count). The predicted octanol–water partition coefficient (Wildman–Crippen LogP) is 1.59. The van der Waals surface area contributed by atoms with Gasteiger partial charge in [-0.25, -0.2) is 0 Å². The van der Waals surface area contributed by atoms with Gasteiger partial charge in [-0.2, -0.15) is 0 Å². The van der Waals surface area contributed by atoms with Gasteiger partial charge in [0.1, 0.15) is 23.9 Å². The largest absolute Gasteiger partial charge is 0.385 e. The summed E-state index contributed by atoms with van der Waals surface area (Å²) < 4.78 is 11.6. The van der Waals surface area contributed by atoms with Gasteiger partial charge in [0, 0.05) is 0 Å². The van der Waals surface area contributed by atoms with Crippen LogP contribution in [0.5, 0.6) is 0 Å². The fraction of sp³-hybridized carbons (Fsp3) is 1.00. The van der Waals surface area contributed by atoms with Crippen molar-refractivity contribution in [2.75, 3.05) is 18.3 Å². The minimum atomic E-state index is -1.80. The molecule has 0 aromatic rings. The molecular weight excluding hydrogens is 246 g/mol. The highest BCUT2D eigenvalue weighted by molar-refractivity contribution is 8.01. The maximum atomic E-state index is 11.6. The van der Waals surface area contributed by atoms with Crippen molar-refractivity contribution >= 4 is 9.93 Å². The van der Waals surface area contributed by atoms with Gasteiger partial charge in [-0.15, -0.1) is 4.21 Å². The summed E-state index contributed by atoms with van der Waals surface area (Å²) in [5.74, 6) is 0.486. The molecule has 0 atom stereocenters. The van der Waals surface area contributed by atoms with Crippen LogP contribution >= 0.6 is 0 Å². The lowest BCUT2D eigenvalue weighted by Crippen LogP contribution is -2.38. The maximum Gasteiger partial charge on any atom is 0.140 e. The summed E-state index contributed by atoms with van der Waals surface area (Å²) in [6, 6.07) is 0. The summed E-state index contributed by atoms with van der Waals surface area (Å²) in [6.07, 6.45) is 9.79. The zero-order chi connectivity index (χ0) is 13.5. The maximum absolute atomic E-state index is 11.6. The number of hydrogen-bond donors (Lipinski definition) is 1. The van der Waals surface area contributed by atoms with E-state index >= 15 is 0 Å². The molecule has 0 aliphatic heterocycles. The molecular formula is C10H21NO5S. The van der Waals surface area contributed by atoms with E-state index in [-0.39, 0.29) is 0 Å². The summed E-state index contributed by atoms with van der Waals surface area (Å²) in [4.78, 5) is 8.25. The quantitative estimate of drug-likeness (QED) is 0.354. The first-order valence-corrected chi connectivity index (χ1v) is 8.15. The number of nitrogens with zero attached hydrogens (tertiary/aromatic N) is 1. The van der Waals surface area contributed by atoms with Crippen LogP contribution in [0.1, 0.15) is 38.5 Å². The van der Waals surface area contributed by atoms with Crippen molar-refractivity contribution in [3.63, 3.8) is 0 Å². The van der Waals surface area contributed by atoms with E-state index in [0.29, 0.717) is 5.75 Å². The van der Waals surface area contributed by atoms with Crippen LogP contribution in [0, 0.1) is 15.3 Å². The van der Waals surface area contributed by atoms with Gasteiger partial charge in [-0.1, -0.05) is 25.7 Å². The zero-order valence-corrected chi connectivity index (χ0v) is 11.2. The van der Waals surface area contributed by atoms with Gasteiger partial charge >= 0.3 is 0 Å². The molecule has 0 unspecified atom stereocenters. The molecule has 1 fully saturated rings. The van der Waals surface area contributed by atoms with Crippen molar-refractivity contribution in [1.82, 2.24) is 0 Å². The zero-order valence-electron chi connectivity index (χ0n) is 10.4.